The lowest BCUT2D eigenvalue weighted by Crippen LogP contribution is -2.38. The van der Waals surface area contributed by atoms with Crippen LogP contribution in [-0.2, 0) is 6.54 Å². The fraction of sp³-hybridized carbons (Fsp3) is 0.320. The van der Waals surface area contributed by atoms with Crippen molar-refractivity contribution in [3.05, 3.63) is 72.8 Å². The number of carbonyl (C=O) groups is 1. The number of hydrogen-bond acceptors (Lipinski definition) is 4. The maximum absolute atomic E-state index is 13.7. The molecule has 6 nitrogen and oxygen atoms in total. The van der Waals surface area contributed by atoms with Gasteiger partial charge in [0.15, 0.2) is 5.78 Å². The van der Waals surface area contributed by atoms with E-state index in [-0.39, 0.29) is 5.78 Å². The van der Waals surface area contributed by atoms with Crippen LogP contribution in [0.4, 0.5) is 0 Å². The number of aryl methyl sites for hydroxylation is 1. The average Bonchev–Trinajstić information content (AvgIpc) is 3.46. The first-order chi connectivity index (χ1) is 15.3. The largest absolute Gasteiger partial charge is 0.340 e. The van der Waals surface area contributed by atoms with E-state index in [2.05, 4.69) is 50.7 Å². The van der Waals surface area contributed by atoms with Gasteiger partial charge in [-0.1, -0.05) is 48.5 Å². The topological polar surface area (TPSA) is 56.0 Å². The highest BCUT2D eigenvalue weighted by molar-refractivity contribution is 6.14. The van der Waals surface area contributed by atoms with Gasteiger partial charge < -0.3 is 4.57 Å². The zero-order valence-corrected chi connectivity index (χ0v) is 17.8. The molecule has 1 aliphatic heterocycles. The van der Waals surface area contributed by atoms with Gasteiger partial charge in [-0.05, 0) is 31.4 Å². The Bertz CT molecular complexity index is 1170. The zero-order valence-electron chi connectivity index (χ0n) is 17.8. The van der Waals surface area contributed by atoms with E-state index in [0.29, 0.717) is 12.6 Å². The number of nitrogens with zero attached hydrogens (tertiary/aromatic N) is 5. The molecular weight excluding hydrogens is 386 g/mol. The molecule has 0 saturated carbocycles. The Kier molecular flexibility index (Phi) is 5.38. The number of para-hydroxylation sites is 1. The molecule has 6 heteroatoms. The Morgan fingerprint density at radius 3 is 2.48 bits per heavy atom. The summed E-state index contributed by atoms with van der Waals surface area (Å²) in [4.78, 5) is 20.0. The summed E-state index contributed by atoms with van der Waals surface area (Å²) >= 11 is 0. The number of rotatable bonds is 6. The molecule has 0 radical (unpaired) electrons. The maximum Gasteiger partial charge on any atom is 0.179 e. The van der Waals surface area contributed by atoms with Gasteiger partial charge in [-0.25, -0.2) is 9.67 Å². The molecule has 0 atom stereocenters. The van der Waals surface area contributed by atoms with Gasteiger partial charge in [-0.15, -0.1) is 0 Å². The molecule has 1 saturated heterocycles. The van der Waals surface area contributed by atoms with E-state index in [1.165, 1.54) is 0 Å². The monoisotopic (exact) mass is 413 g/mol. The maximum atomic E-state index is 13.7. The summed E-state index contributed by atoms with van der Waals surface area (Å²) in [7, 11) is 0. The fourth-order valence-electron chi connectivity index (χ4n) is 4.84. The van der Waals surface area contributed by atoms with Crippen LogP contribution in [0.5, 0.6) is 0 Å². The van der Waals surface area contributed by atoms with Crippen LogP contribution in [-0.4, -0.2) is 49.6 Å². The molecule has 5 rings (SSSR count). The molecule has 3 heterocycles. The van der Waals surface area contributed by atoms with Crippen molar-refractivity contribution in [1.82, 2.24) is 24.2 Å². The van der Waals surface area contributed by atoms with E-state index >= 15 is 0 Å². The number of Topliss-reactive ketones (excluding diaryl/α,β-unsaturated/α-hetero) is 1. The fourth-order valence-corrected chi connectivity index (χ4v) is 4.84. The number of aromatic nitrogens is 4. The first kappa shape index (κ1) is 19.7. The predicted molar refractivity (Wildman–Crippen MR) is 122 cm³/mol. The summed E-state index contributed by atoms with van der Waals surface area (Å²) in [5.41, 5.74) is 4.10. The highest BCUT2D eigenvalue weighted by Crippen LogP contribution is 2.34. The van der Waals surface area contributed by atoms with Crippen molar-refractivity contribution in [2.45, 2.75) is 32.4 Å². The Morgan fingerprint density at radius 2 is 1.77 bits per heavy atom. The second kappa shape index (κ2) is 8.47. The lowest BCUT2D eigenvalue weighted by atomic mass is 10.00. The Labute approximate surface area is 182 Å². The SMILES string of the molecule is CCn1c(-c2ccccc2)c(C(=O)CN2CCC(n3cncn3)CC2)c2ccccc21. The van der Waals surface area contributed by atoms with E-state index < -0.39 is 0 Å². The average molecular weight is 414 g/mol. The van der Waals surface area contributed by atoms with Crippen molar-refractivity contribution in [2.24, 2.45) is 0 Å². The van der Waals surface area contributed by atoms with Gasteiger partial charge in [0.2, 0.25) is 0 Å². The second-order valence-electron chi connectivity index (χ2n) is 8.16. The van der Waals surface area contributed by atoms with Gasteiger partial charge in [0, 0.05) is 30.5 Å². The van der Waals surface area contributed by atoms with Gasteiger partial charge in [-0.2, -0.15) is 5.10 Å². The van der Waals surface area contributed by atoms with E-state index in [4.69, 9.17) is 0 Å². The minimum Gasteiger partial charge on any atom is -0.340 e. The summed E-state index contributed by atoms with van der Waals surface area (Å²) in [5.74, 6) is 0.196. The van der Waals surface area contributed by atoms with Gasteiger partial charge in [0.05, 0.1) is 23.8 Å². The van der Waals surface area contributed by atoms with Crippen LogP contribution in [0.1, 0.15) is 36.2 Å². The van der Waals surface area contributed by atoms with E-state index in [9.17, 15) is 4.79 Å². The zero-order chi connectivity index (χ0) is 21.2. The van der Waals surface area contributed by atoms with Gasteiger partial charge >= 0.3 is 0 Å². The normalized spacial score (nSPS) is 15.5. The Balaban J connectivity index is 1.45. The summed E-state index contributed by atoms with van der Waals surface area (Å²) < 4.78 is 4.22. The third-order valence-electron chi connectivity index (χ3n) is 6.35. The highest BCUT2D eigenvalue weighted by Gasteiger charge is 2.27. The number of ketones is 1. The molecule has 2 aromatic carbocycles. The number of piperidine rings is 1. The van der Waals surface area contributed by atoms with Crippen molar-refractivity contribution in [2.75, 3.05) is 19.6 Å². The summed E-state index contributed by atoms with van der Waals surface area (Å²) in [5, 5.41) is 5.33. The predicted octanol–water partition coefficient (Wildman–Crippen LogP) is 4.44. The van der Waals surface area contributed by atoms with E-state index in [1.54, 1.807) is 12.7 Å². The van der Waals surface area contributed by atoms with E-state index in [1.807, 2.05) is 35.0 Å². The minimum atomic E-state index is 0.196. The third kappa shape index (κ3) is 3.68. The first-order valence-electron chi connectivity index (χ1n) is 11.0. The van der Waals surface area contributed by atoms with Crippen LogP contribution in [0.15, 0.2) is 67.3 Å². The molecule has 0 bridgehead atoms. The van der Waals surface area contributed by atoms with Crippen molar-refractivity contribution >= 4 is 16.7 Å². The highest BCUT2D eigenvalue weighted by atomic mass is 16.1. The standard InChI is InChI=1S/C25H27N5O/c1-2-29-22-11-7-6-10-21(22)24(25(29)19-8-4-3-5-9-19)23(31)16-28-14-12-20(13-15-28)30-18-26-17-27-30/h3-11,17-18,20H,2,12-16H2,1H3. The summed E-state index contributed by atoms with van der Waals surface area (Å²) in [6.07, 6.45) is 5.35. The number of likely N-dealkylation sites (tertiary alicyclic amines) is 1. The van der Waals surface area contributed by atoms with Crippen molar-refractivity contribution in [3.8, 4) is 11.3 Å². The molecule has 158 valence electrons. The first-order valence-corrected chi connectivity index (χ1v) is 11.0. The molecule has 0 spiro atoms. The number of benzene rings is 2. The Morgan fingerprint density at radius 1 is 1.03 bits per heavy atom. The molecule has 31 heavy (non-hydrogen) atoms. The Hall–Kier alpha value is -3.25. The second-order valence-corrected chi connectivity index (χ2v) is 8.16. The molecule has 2 aromatic heterocycles. The van der Waals surface area contributed by atoms with Gasteiger partial charge in [-0.3, -0.25) is 9.69 Å². The molecule has 0 aliphatic carbocycles. The van der Waals surface area contributed by atoms with Crippen LogP contribution in [0, 0.1) is 0 Å². The smallest absolute Gasteiger partial charge is 0.179 e. The van der Waals surface area contributed by atoms with Gasteiger partial charge in [0.25, 0.3) is 0 Å². The lowest BCUT2D eigenvalue weighted by Gasteiger charge is -2.31. The van der Waals surface area contributed by atoms with Crippen LogP contribution >= 0.6 is 0 Å². The van der Waals surface area contributed by atoms with Crippen molar-refractivity contribution < 1.29 is 4.79 Å². The molecular formula is C25H27N5O. The lowest BCUT2D eigenvalue weighted by molar-refractivity contribution is 0.0897. The summed E-state index contributed by atoms with van der Waals surface area (Å²) in [6.45, 7) is 5.19. The quantitative estimate of drug-likeness (QED) is 0.439. The number of hydrogen-bond donors (Lipinski definition) is 0. The van der Waals surface area contributed by atoms with Crippen LogP contribution in [0.3, 0.4) is 0 Å². The molecule has 4 aromatic rings. The van der Waals surface area contributed by atoms with Crippen LogP contribution < -0.4 is 0 Å². The molecule has 0 unspecified atom stereocenters. The molecule has 0 amide bonds. The number of fused-ring (bicyclic) bond motifs is 1. The van der Waals surface area contributed by atoms with Crippen molar-refractivity contribution in [3.63, 3.8) is 0 Å². The minimum absolute atomic E-state index is 0.196. The molecule has 0 N–H and O–H groups in total. The van der Waals surface area contributed by atoms with Crippen LogP contribution in [0.2, 0.25) is 0 Å². The van der Waals surface area contributed by atoms with Gasteiger partial charge in [0.1, 0.15) is 12.7 Å². The number of carbonyl (C=O) groups excluding carboxylic acids is 1. The third-order valence-corrected chi connectivity index (χ3v) is 6.35. The van der Waals surface area contributed by atoms with Crippen molar-refractivity contribution in [1.29, 1.82) is 0 Å². The van der Waals surface area contributed by atoms with E-state index in [0.717, 1.165) is 60.2 Å². The molecule has 1 fully saturated rings. The van der Waals surface area contributed by atoms with Crippen LogP contribution in [0.25, 0.3) is 22.2 Å². The summed E-state index contributed by atoms with van der Waals surface area (Å²) in [6, 6.07) is 18.9. The molecule has 1 aliphatic rings.